The molecule has 0 aliphatic rings. The molecule has 0 saturated heterocycles. The second-order valence-corrected chi connectivity index (χ2v) is 7.15. The van der Waals surface area contributed by atoms with Gasteiger partial charge in [0.15, 0.2) is 11.0 Å². The van der Waals surface area contributed by atoms with Crippen LogP contribution in [-0.4, -0.2) is 26.4 Å². The zero-order chi connectivity index (χ0) is 17.8. The number of aromatic nitrogens is 3. The minimum Gasteiger partial charge on any atom is -0.360 e. The van der Waals surface area contributed by atoms with Crippen molar-refractivity contribution in [2.24, 2.45) is 0 Å². The summed E-state index contributed by atoms with van der Waals surface area (Å²) in [6.45, 7) is 4.79. The van der Waals surface area contributed by atoms with E-state index in [9.17, 15) is 4.79 Å². The van der Waals surface area contributed by atoms with Crippen molar-refractivity contribution in [2.75, 3.05) is 11.1 Å². The average molecular weight is 379 g/mol. The number of fused-ring (bicyclic) bond motifs is 1. The van der Waals surface area contributed by atoms with Crippen LogP contribution in [0, 0.1) is 6.92 Å². The van der Waals surface area contributed by atoms with Crippen LogP contribution in [0.15, 0.2) is 33.9 Å². The molecule has 8 heteroatoms. The molecule has 0 bridgehead atoms. The number of carbonyl (C=O) groups is 1. The van der Waals surface area contributed by atoms with Crippen molar-refractivity contribution >= 4 is 46.1 Å². The van der Waals surface area contributed by atoms with Gasteiger partial charge in [0.25, 0.3) is 0 Å². The Kier molecular flexibility index (Phi) is 5.65. The number of amides is 1. The summed E-state index contributed by atoms with van der Waals surface area (Å²) < 4.78 is 7.11. The van der Waals surface area contributed by atoms with Crippen molar-refractivity contribution in [3.8, 4) is 0 Å². The molecule has 1 aromatic carbocycles. The molecule has 2 heterocycles. The molecule has 0 radical (unpaired) electrons. The Labute approximate surface area is 154 Å². The van der Waals surface area contributed by atoms with Crippen LogP contribution in [0.2, 0.25) is 5.02 Å². The van der Waals surface area contributed by atoms with Crippen molar-refractivity contribution in [2.45, 2.75) is 38.4 Å². The fourth-order valence-electron chi connectivity index (χ4n) is 2.50. The highest BCUT2D eigenvalue weighted by molar-refractivity contribution is 7.99. The minimum atomic E-state index is -0.0954. The first kappa shape index (κ1) is 17.8. The van der Waals surface area contributed by atoms with Gasteiger partial charge in [-0.25, -0.2) is 4.98 Å². The maximum Gasteiger partial charge on any atom is 0.226 e. The molecule has 0 aliphatic heterocycles. The van der Waals surface area contributed by atoms with Crippen molar-refractivity contribution in [3.63, 3.8) is 0 Å². The lowest BCUT2D eigenvalue weighted by Crippen LogP contribution is -2.12. The van der Waals surface area contributed by atoms with Gasteiger partial charge in [0.2, 0.25) is 5.91 Å². The second-order valence-electron chi connectivity index (χ2n) is 5.65. The lowest BCUT2D eigenvalue weighted by Gasteiger charge is -2.07. The predicted molar refractivity (Wildman–Crippen MR) is 100 cm³/mol. The van der Waals surface area contributed by atoms with E-state index in [2.05, 4.69) is 26.9 Å². The topological polar surface area (TPSA) is 73.0 Å². The van der Waals surface area contributed by atoms with Gasteiger partial charge in [0.05, 0.1) is 11.0 Å². The number of hydrogen-bond donors (Lipinski definition) is 1. The van der Waals surface area contributed by atoms with Crippen molar-refractivity contribution in [3.05, 3.63) is 35.0 Å². The Morgan fingerprint density at radius 1 is 1.40 bits per heavy atom. The van der Waals surface area contributed by atoms with Gasteiger partial charge in [0.1, 0.15) is 5.76 Å². The van der Waals surface area contributed by atoms with Crippen LogP contribution < -0.4 is 5.32 Å². The number of halogens is 1. The van der Waals surface area contributed by atoms with Gasteiger partial charge in [-0.1, -0.05) is 35.4 Å². The molecule has 132 valence electrons. The summed E-state index contributed by atoms with van der Waals surface area (Å²) in [6, 6.07) is 7.42. The molecule has 1 N–H and O–H groups in total. The van der Waals surface area contributed by atoms with Crippen LogP contribution in [0.25, 0.3) is 11.0 Å². The first-order valence-electron chi connectivity index (χ1n) is 8.08. The highest BCUT2D eigenvalue weighted by Gasteiger charge is 2.12. The first-order valence-corrected chi connectivity index (χ1v) is 9.45. The summed E-state index contributed by atoms with van der Waals surface area (Å²) >= 11 is 7.63. The lowest BCUT2D eigenvalue weighted by atomic mass is 10.3. The maximum absolute atomic E-state index is 12.0. The fourth-order valence-corrected chi connectivity index (χ4v) is 3.64. The van der Waals surface area contributed by atoms with Gasteiger partial charge in [0, 0.05) is 29.8 Å². The zero-order valence-electron chi connectivity index (χ0n) is 14.1. The van der Waals surface area contributed by atoms with Gasteiger partial charge >= 0.3 is 0 Å². The number of nitrogens with zero attached hydrogens (tertiary/aromatic N) is 3. The number of rotatable bonds is 7. The van der Waals surface area contributed by atoms with Gasteiger partial charge in [-0.2, -0.15) is 0 Å². The lowest BCUT2D eigenvalue weighted by molar-refractivity contribution is -0.115. The number of thioether (sulfide) groups is 1. The fraction of sp³-hybridized carbons (Fsp3) is 0.353. The van der Waals surface area contributed by atoms with Crippen LogP contribution in [0.3, 0.4) is 0 Å². The number of aryl methyl sites for hydroxylation is 2. The van der Waals surface area contributed by atoms with E-state index in [0.29, 0.717) is 28.8 Å². The summed E-state index contributed by atoms with van der Waals surface area (Å²) in [5, 5.41) is 8.06. The van der Waals surface area contributed by atoms with Crippen LogP contribution in [0.1, 0.15) is 25.5 Å². The quantitative estimate of drug-likeness (QED) is 0.612. The predicted octanol–water partition coefficient (Wildman–Crippen LogP) is 4.52. The van der Waals surface area contributed by atoms with Crippen LogP contribution >= 0.6 is 23.4 Å². The number of benzene rings is 1. The van der Waals surface area contributed by atoms with Crippen molar-refractivity contribution < 1.29 is 9.32 Å². The van der Waals surface area contributed by atoms with E-state index in [1.54, 1.807) is 24.8 Å². The molecule has 0 spiro atoms. The molecular weight excluding hydrogens is 360 g/mol. The third-order valence-electron chi connectivity index (χ3n) is 3.58. The largest absolute Gasteiger partial charge is 0.360 e. The van der Waals surface area contributed by atoms with Gasteiger partial charge in [-0.05, 0) is 31.5 Å². The van der Waals surface area contributed by atoms with E-state index in [1.165, 1.54) is 0 Å². The molecule has 3 aromatic rings. The van der Waals surface area contributed by atoms with Gasteiger partial charge in [-0.15, -0.1) is 0 Å². The number of nitrogens with one attached hydrogen (secondary N) is 1. The minimum absolute atomic E-state index is 0.0954. The number of carbonyl (C=O) groups excluding carboxylic acids is 1. The number of anilines is 1. The van der Waals surface area contributed by atoms with Crippen LogP contribution in [-0.2, 0) is 11.3 Å². The molecule has 2 aromatic heterocycles. The first-order chi connectivity index (χ1) is 12.1. The standard InChI is InChI=1S/C17H19ClN4O2S/c1-3-7-22-14-5-4-12(18)10-13(14)19-17(22)25-8-6-16(23)20-15-9-11(2)24-21-15/h4-5,9-10H,3,6-8H2,1-2H3,(H,20,21,23). The van der Waals surface area contributed by atoms with E-state index in [1.807, 2.05) is 18.2 Å². The number of imidazole rings is 1. The molecule has 0 fully saturated rings. The molecule has 1 amide bonds. The van der Waals surface area contributed by atoms with Gasteiger partial charge in [-0.3, -0.25) is 4.79 Å². The summed E-state index contributed by atoms with van der Waals surface area (Å²) in [4.78, 5) is 16.6. The third kappa shape index (κ3) is 4.35. The molecule has 0 saturated carbocycles. The molecule has 0 atom stereocenters. The van der Waals surface area contributed by atoms with E-state index < -0.39 is 0 Å². The van der Waals surface area contributed by atoms with E-state index in [-0.39, 0.29) is 5.91 Å². The molecule has 0 aliphatic carbocycles. The molecule has 25 heavy (non-hydrogen) atoms. The summed E-state index contributed by atoms with van der Waals surface area (Å²) in [7, 11) is 0. The van der Waals surface area contributed by atoms with Gasteiger partial charge < -0.3 is 14.4 Å². The molecule has 3 rings (SSSR count). The smallest absolute Gasteiger partial charge is 0.226 e. The Morgan fingerprint density at radius 2 is 2.24 bits per heavy atom. The highest BCUT2D eigenvalue weighted by Crippen LogP contribution is 2.27. The molecular formula is C17H19ClN4O2S. The zero-order valence-corrected chi connectivity index (χ0v) is 15.7. The SMILES string of the molecule is CCCn1c(SCCC(=O)Nc2cc(C)on2)nc2cc(Cl)ccc21. The Bertz CT molecular complexity index is 890. The highest BCUT2D eigenvalue weighted by atomic mass is 35.5. The molecule has 6 nitrogen and oxygen atoms in total. The average Bonchev–Trinajstić information content (AvgIpc) is 3.11. The van der Waals surface area contributed by atoms with Crippen molar-refractivity contribution in [1.29, 1.82) is 0 Å². The maximum atomic E-state index is 12.0. The summed E-state index contributed by atoms with van der Waals surface area (Å²) in [5.74, 6) is 1.64. The Balaban J connectivity index is 1.64. The molecule has 0 unspecified atom stereocenters. The van der Waals surface area contributed by atoms with Crippen LogP contribution in [0.4, 0.5) is 5.82 Å². The summed E-state index contributed by atoms with van der Waals surface area (Å²) in [5.41, 5.74) is 1.95. The summed E-state index contributed by atoms with van der Waals surface area (Å²) in [6.07, 6.45) is 1.38. The third-order valence-corrected chi connectivity index (χ3v) is 4.79. The van der Waals surface area contributed by atoms with E-state index in [4.69, 9.17) is 16.1 Å². The second kappa shape index (κ2) is 7.93. The monoisotopic (exact) mass is 378 g/mol. The van der Waals surface area contributed by atoms with E-state index in [0.717, 1.165) is 29.2 Å². The van der Waals surface area contributed by atoms with Crippen molar-refractivity contribution in [1.82, 2.24) is 14.7 Å². The Hall–Kier alpha value is -1.99. The van der Waals surface area contributed by atoms with Crippen LogP contribution in [0.5, 0.6) is 0 Å². The Morgan fingerprint density at radius 3 is 2.96 bits per heavy atom. The number of hydrogen-bond acceptors (Lipinski definition) is 5. The normalized spacial score (nSPS) is 11.2. The van der Waals surface area contributed by atoms with E-state index >= 15 is 0 Å².